The Balaban J connectivity index is 1.54. The zero-order chi connectivity index (χ0) is 13.1. The molecule has 0 amide bonds. The highest BCUT2D eigenvalue weighted by atomic mass is 16.5. The van der Waals surface area contributed by atoms with Gasteiger partial charge in [-0.3, -0.25) is 0 Å². The van der Waals surface area contributed by atoms with Crippen LogP contribution >= 0.6 is 0 Å². The Hall–Kier alpha value is -1.71. The highest BCUT2D eigenvalue weighted by molar-refractivity contribution is 5.80. The van der Waals surface area contributed by atoms with E-state index < -0.39 is 0 Å². The molecule has 0 bridgehead atoms. The molecule has 0 radical (unpaired) electrons. The molecule has 5 rings (SSSR count). The number of rotatable bonds is 1. The number of aromatic nitrogens is 2. The van der Waals surface area contributed by atoms with Crippen molar-refractivity contribution in [1.82, 2.24) is 9.97 Å². The lowest BCUT2D eigenvalue weighted by molar-refractivity contribution is 0.297. The Labute approximate surface area is 117 Å². The lowest BCUT2D eigenvalue weighted by Crippen LogP contribution is -1.98. The third kappa shape index (κ3) is 1.63. The Bertz CT molecular complexity index is 625. The molecule has 2 heterocycles. The summed E-state index contributed by atoms with van der Waals surface area (Å²) >= 11 is 0. The van der Waals surface area contributed by atoms with E-state index >= 15 is 0 Å². The molecule has 3 aliphatic rings. The highest BCUT2D eigenvalue weighted by Gasteiger charge is 2.47. The smallest absolute Gasteiger partial charge is 0.163 e. The van der Waals surface area contributed by atoms with Gasteiger partial charge >= 0.3 is 0 Å². The van der Waals surface area contributed by atoms with Crippen LogP contribution in [0.25, 0.3) is 11.0 Å². The summed E-state index contributed by atoms with van der Waals surface area (Å²) in [5.41, 5.74) is 2.08. The molecule has 2 fully saturated rings. The van der Waals surface area contributed by atoms with Gasteiger partial charge in [-0.2, -0.15) is 0 Å². The number of hydrogen-bond donors (Lipinski definition) is 1. The van der Waals surface area contributed by atoms with Crippen LogP contribution in [0.3, 0.4) is 0 Å². The maximum absolute atomic E-state index is 5.74. The van der Waals surface area contributed by atoms with Crippen LogP contribution in [0.1, 0.15) is 37.4 Å². The largest absolute Gasteiger partial charge is 0.489 e. The van der Waals surface area contributed by atoms with E-state index in [-0.39, 0.29) is 0 Å². The second-order valence-corrected chi connectivity index (χ2v) is 6.41. The fraction of sp³-hybridized carbons (Fsp3) is 0.562. The highest BCUT2D eigenvalue weighted by Crippen LogP contribution is 2.57. The standard InChI is InChI=1S/C16H18N2O2/c1-2-19-14-7-12-13(8-15(14)20-3-1)18-16(17-12)11-5-9-4-10(9)6-11/h7-11H,1-6H2,(H,17,18). The van der Waals surface area contributed by atoms with Gasteiger partial charge in [-0.05, 0) is 31.1 Å². The molecule has 2 unspecified atom stereocenters. The van der Waals surface area contributed by atoms with Crippen LogP contribution in [0.15, 0.2) is 12.1 Å². The summed E-state index contributed by atoms with van der Waals surface area (Å²) in [6.45, 7) is 1.45. The molecule has 2 saturated carbocycles. The van der Waals surface area contributed by atoms with E-state index in [1.165, 1.54) is 19.3 Å². The maximum atomic E-state index is 5.74. The summed E-state index contributed by atoms with van der Waals surface area (Å²) in [7, 11) is 0. The number of nitrogens with zero attached hydrogens (tertiary/aromatic N) is 1. The van der Waals surface area contributed by atoms with Crippen LogP contribution in [-0.2, 0) is 0 Å². The van der Waals surface area contributed by atoms with Gasteiger partial charge in [0.25, 0.3) is 0 Å². The average molecular weight is 270 g/mol. The molecule has 104 valence electrons. The van der Waals surface area contributed by atoms with Crippen LogP contribution in [0.5, 0.6) is 11.5 Å². The number of imidazole rings is 1. The zero-order valence-corrected chi connectivity index (χ0v) is 11.4. The van der Waals surface area contributed by atoms with Crippen molar-refractivity contribution in [2.45, 2.75) is 31.6 Å². The number of hydrogen-bond acceptors (Lipinski definition) is 3. The number of H-pyrrole nitrogens is 1. The normalized spacial score (nSPS) is 31.1. The minimum Gasteiger partial charge on any atom is -0.489 e. The van der Waals surface area contributed by atoms with E-state index in [1.807, 2.05) is 12.1 Å². The molecule has 1 aromatic heterocycles. The van der Waals surface area contributed by atoms with Crippen LogP contribution < -0.4 is 9.47 Å². The Morgan fingerprint density at radius 1 is 1.00 bits per heavy atom. The van der Waals surface area contributed by atoms with Crippen LogP contribution in [0, 0.1) is 11.8 Å². The number of nitrogens with one attached hydrogen (secondary N) is 1. The lowest BCUT2D eigenvalue weighted by Gasteiger charge is -2.06. The molecule has 2 atom stereocenters. The molecule has 1 N–H and O–H groups in total. The van der Waals surface area contributed by atoms with Crippen LogP contribution in [-0.4, -0.2) is 23.2 Å². The third-order valence-electron chi connectivity index (χ3n) is 5.00. The van der Waals surface area contributed by atoms with Crippen molar-refractivity contribution < 1.29 is 9.47 Å². The number of ether oxygens (including phenoxy) is 2. The predicted molar refractivity (Wildman–Crippen MR) is 75.3 cm³/mol. The van der Waals surface area contributed by atoms with Gasteiger partial charge in [0.1, 0.15) is 5.82 Å². The van der Waals surface area contributed by atoms with E-state index in [2.05, 4.69) is 4.98 Å². The van der Waals surface area contributed by atoms with Gasteiger partial charge in [-0.15, -0.1) is 0 Å². The molecule has 4 nitrogen and oxygen atoms in total. The monoisotopic (exact) mass is 270 g/mol. The molecule has 2 aromatic rings. The molecule has 0 saturated heterocycles. The van der Waals surface area contributed by atoms with E-state index in [1.54, 1.807) is 0 Å². The average Bonchev–Trinajstić information content (AvgIpc) is 2.94. The lowest BCUT2D eigenvalue weighted by atomic mass is 10.0. The van der Waals surface area contributed by atoms with Crippen LogP contribution in [0.2, 0.25) is 0 Å². The number of fused-ring (bicyclic) bond motifs is 3. The maximum Gasteiger partial charge on any atom is 0.163 e. The Morgan fingerprint density at radius 3 is 2.55 bits per heavy atom. The van der Waals surface area contributed by atoms with Gasteiger partial charge in [0.15, 0.2) is 11.5 Å². The first-order chi connectivity index (χ1) is 9.87. The molecule has 2 aliphatic carbocycles. The fourth-order valence-corrected chi connectivity index (χ4v) is 3.82. The first-order valence-corrected chi connectivity index (χ1v) is 7.66. The molecular formula is C16H18N2O2. The van der Waals surface area contributed by atoms with Gasteiger partial charge in [0.2, 0.25) is 0 Å². The van der Waals surface area contributed by atoms with Crippen LogP contribution in [0.4, 0.5) is 0 Å². The minimum atomic E-state index is 0.632. The van der Waals surface area contributed by atoms with Crippen molar-refractivity contribution in [3.63, 3.8) is 0 Å². The molecule has 20 heavy (non-hydrogen) atoms. The van der Waals surface area contributed by atoms with Crippen molar-refractivity contribution in [2.24, 2.45) is 11.8 Å². The second kappa shape index (κ2) is 3.90. The SMILES string of the molecule is c1c2c(cc3[nH]c(C4CC5CC5C4)nc13)OCCCO2. The van der Waals surface area contributed by atoms with E-state index in [0.29, 0.717) is 5.92 Å². The Kier molecular flexibility index (Phi) is 2.15. The first kappa shape index (κ1) is 11.0. The summed E-state index contributed by atoms with van der Waals surface area (Å²) in [5.74, 6) is 5.44. The first-order valence-electron chi connectivity index (χ1n) is 7.66. The third-order valence-corrected chi connectivity index (χ3v) is 5.00. The Morgan fingerprint density at radius 2 is 1.75 bits per heavy atom. The molecule has 0 spiro atoms. The summed E-state index contributed by atoms with van der Waals surface area (Å²) in [5, 5.41) is 0. The topological polar surface area (TPSA) is 47.1 Å². The summed E-state index contributed by atoms with van der Waals surface area (Å²) < 4.78 is 11.5. The quantitative estimate of drug-likeness (QED) is 0.865. The summed E-state index contributed by atoms with van der Waals surface area (Å²) in [4.78, 5) is 8.30. The number of benzene rings is 1. The van der Waals surface area contributed by atoms with Gasteiger partial charge < -0.3 is 14.5 Å². The van der Waals surface area contributed by atoms with Crippen molar-refractivity contribution in [1.29, 1.82) is 0 Å². The van der Waals surface area contributed by atoms with Crippen molar-refractivity contribution in [2.75, 3.05) is 13.2 Å². The second-order valence-electron chi connectivity index (χ2n) is 6.41. The van der Waals surface area contributed by atoms with Gasteiger partial charge in [0, 0.05) is 24.5 Å². The van der Waals surface area contributed by atoms with Crippen molar-refractivity contribution in [3.05, 3.63) is 18.0 Å². The zero-order valence-electron chi connectivity index (χ0n) is 11.4. The molecular weight excluding hydrogens is 252 g/mol. The molecule has 1 aromatic carbocycles. The summed E-state index contributed by atoms with van der Waals surface area (Å²) in [6, 6.07) is 4.06. The predicted octanol–water partition coefficient (Wildman–Crippen LogP) is 3.24. The van der Waals surface area contributed by atoms with E-state index in [0.717, 1.165) is 59.8 Å². The number of aromatic amines is 1. The van der Waals surface area contributed by atoms with E-state index in [4.69, 9.17) is 14.5 Å². The van der Waals surface area contributed by atoms with Gasteiger partial charge in [-0.1, -0.05) is 0 Å². The van der Waals surface area contributed by atoms with Gasteiger partial charge in [-0.25, -0.2) is 4.98 Å². The molecule has 4 heteroatoms. The summed E-state index contributed by atoms with van der Waals surface area (Å²) in [6.07, 6.45) is 5.02. The van der Waals surface area contributed by atoms with Crippen molar-refractivity contribution >= 4 is 11.0 Å². The molecule has 1 aliphatic heterocycles. The van der Waals surface area contributed by atoms with Gasteiger partial charge in [0.05, 0.1) is 24.2 Å². The van der Waals surface area contributed by atoms with E-state index in [9.17, 15) is 0 Å². The minimum absolute atomic E-state index is 0.632. The fourth-order valence-electron chi connectivity index (χ4n) is 3.82. The van der Waals surface area contributed by atoms with Crippen molar-refractivity contribution in [3.8, 4) is 11.5 Å².